The van der Waals surface area contributed by atoms with Crippen LogP contribution in [0.5, 0.6) is 5.75 Å². The SMILES string of the molecule is CN(CCOc1ccc(S(=O)(=O)N(C)C)cc1)Cc1ccsc1. The summed E-state index contributed by atoms with van der Waals surface area (Å²) in [5.41, 5.74) is 1.30. The van der Waals surface area contributed by atoms with Crippen molar-refractivity contribution in [2.45, 2.75) is 11.4 Å². The molecule has 0 fully saturated rings. The standard InChI is InChI=1S/C16H22N2O3S2/c1-17(2)23(19,20)16-6-4-15(5-7-16)21-10-9-18(3)12-14-8-11-22-13-14/h4-8,11,13H,9-10,12H2,1-3H3. The van der Waals surface area contributed by atoms with Crippen LogP contribution >= 0.6 is 11.3 Å². The fraction of sp³-hybridized carbons (Fsp3) is 0.375. The average molecular weight is 354 g/mol. The molecule has 0 aliphatic carbocycles. The van der Waals surface area contributed by atoms with E-state index < -0.39 is 10.0 Å². The molecule has 2 aromatic rings. The van der Waals surface area contributed by atoms with Gasteiger partial charge in [-0.1, -0.05) is 0 Å². The molecule has 1 aromatic heterocycles. The summed E-state index contributed by atoms with van der Waals surface area (Å²) in [6.45, 7) is 2.25. The molecule has 0 saturated carbocycles. The maximum absolute atomic E-state index is 12.0. The van der Waals surface area contributed by atoms with Crippen molar-refractivity contribution in [1.82, 2.24) is 9.21 Å². The molecular weight excluding hydrogens is 332 g/mol. The predicted octanol–water partition coefficient (Wildman–Crippen LogP) is 2.51. The van der Waals surface area contributed by atoms with Gasteiger partial charge in [0.1, 0.15) is 12.4 Å². The third-order valence-corrected chi connectivity index (χ3v) is 5.94. The Morgan fingerprint density at radius 3 is 2.35 bits per heavy atom. The summed E-state index contributed by atoms with van der Waals surface area (Å²) in [5.74, 6) is 0.673. The first-order valence-electron chi connectivity index (χ1n) is 7.24. The summed E-state index contributed by atoms with van der Waals surface area (Å²) in [6, 6.07) is 8.63. The molecule has 0 aliphatic rings. The number of hydrogen-bond acceptors (Lipinski definition) is 5. The van der Waals surface area contributed by atoms with E-state index in [0.29, 0.717) is 12.4 Å². The van der Waals surface area contributed by atoms with Gasteiger partial charge in [-0.05, 0) is 53.7 Å². The lowest BCUT2D eigenvalue weighted by Gasteiger charge is -2.16. The molecule has 5 nitrogen and oxygen atoms in total. The summed E-state index contributed by atoms with van der Waals surface area (Å²) >= 11 is 1.70. The number of hydrogen-bond donors (Lipinski definition) is 0. The smallest absolute Gasteiger partial charge is 0.242 e. The van der Waals surface area contributed by atoms with Crippen molar-refractivity contribution >= 4 is 21.4 Å². The molecule has 0 spiro atoms. The van der Waals surface area contributed by atoms with Gasteiger partial charge in [-0.3, -0.25) is 4.90 Å². The highest BCUT2D eigenvalue weighted by atomic mass is 32.2. The minimum atomic E-state index is -3.39. The molecule has 126 valence electrons. The van der Waals surface area contributed by atoms with Gasteiger partial charge in [0.05, 0.1) is 4.90 Å². The van der Waals surface area contributed by atoms with Crippen molar-refractivity contribution in [3.8, 4) is 5.75 Å². The third-order valence-electron chi connectivity index (χ3n) is 3.38. The third kappa shape index (κ3) is 5.04. The van der Waals surface area contributed by atoms with Gasteiger partial charge in [0.2, 0.25) is 10.0 Å². The van der Waals surface area contributed by atoms with Gasteiger partial charge in [-0.25, -0.2) is 12.7 Å². The van der Waals surface area contributed by atoms with Gasteiger partial charge in [0, 0.05) is 27.2 Å². The van der Waals surface area contributed by atoms with E-state index in [1.54, 1.807) is 35.6 Å². The molecule has 0 radical (unpaired) electrons. The highest BCUT2D eigenvalue weighted by Gasteiger charge is 2.16. The van der Waals surface area contributed by atoms with Crippen molar-refractivity contribution in [1.29, 1.82) is 0 Å². The van der Waals surface area contributed by atoms with Crippen LogP contribution < -0.4 is 4.74 Å². The van der Waals surface area contributed by atoms with Crippen molar-refractivity contribution in [2.24, 2.45) is 0 Å². The maximum Gasteiger partial charge on any atom is 0.242 e. The van der Waals surface area contributed by atoms with Crippen LogP contribution in [0.1, 0.15) is 5.56 Å². The fourth-order valence-corrected chi connectivity index (χ4v) is 3.57. The molecule has 0 bridgehead atoms. The molecule has 0 aliphatic heterocycles. The van der Waals surface area contributed by atoms with Gasteiger partial charge in [-0.2, -0.15) is 11.3 Å². The van der Waals surface area contributed by atoms with Crippen molar-refractivity contribution in [3.63, 3.8) is 0 Å². The largest absolute Gasteiger partial charge is 0.492 e. The van der Waals surface area contributed by atoms with Crippen LogP contribution in [0.4, 0.5) is 0 Å². The van der Waals surface area contributed by atoms with Crippen LogP contribution in [-0.4, -0.2) is 51.9 Å². The number of rotatable bonds is 8. The van der Waals surface area contributed by atoms with E-state index in [2.05, 4.69) is 21.7 Å². The molecule has 0 atom stereocenters. The highest BCUT2D eigenvalue weighted by molar-refractivity contribution is 7.89. The van der Waals surface area contributed by atoms with E-state index in [9.17, 15) is 8.42 Å². The van der Waals surface area contributed by atoms with Crippen molar-refractivity contribution < 1.29 is 13.2 Å². The van der Waals surface area contributed by atoms with Crippen LogP contribution in [0.25, 0.3) is 0 Å². The minimum absolute atomic E-state index is 0.268. The molecule has 0 unspecified atom stereocenters. The second-order valence-electron chi connectivity index (χ2n) is 5.48. The van der Waals surface area contributed by atoms with E-state index in [1.807, 2.05) is 7.05 Å². The molecule has 0 N–H and O–H groups in total. The molecule has 0 amide bonds. The fourth-order valence-electron chi connectivity index (χ4n) is 2.01. The number of thiophene rings is 1. The van der Waals surface area contributed by atoms with Gasteiger partial charge >= 0.3 is 0 Å². The molecule has 0 saturated heterocycles. The van der Waals surface area contributed by atoms with E-state index in [4.69, 9.17) is 4.74 Å². The van der Waals surface area contributed by atoms with Crippen LogP contribution in [0.2, 0.25) is 0 Å². The molecule has 1 aromatic carbocycles. The zero-order chi connectivity index (χ0) is 16.9. The Bertz CT molecular complexity index is 695. The normalized spacial score (nSPS) is 12.0. The number of ether oxygens (including phenoxy) is 1. The number of sulfonamides is 1. The second kappa shape index (κ2) is 7.92. The molecule has 7 heteroatoms. The lowest BCUT2D eigenvalue weighted by molar-refractivity contribution is 0.233. The number of nitrogens with zero attached hydrogens (tertiary/aromatic N) is 2. The molecule has 1 heterocycles. The average Bonchev–Trinajstić information content (AvgIpc) is 3.00. The van der Waals surface area contributed by atoms with E-state index in [0.717, 1.165) is 13.1 Å². The van der Waals surface area contributed by atoms with Gasteiger partial charge < -0.3 is 4.74 Å². The Morgan fingerprint density at radius 1 is 1.09 bits per heavy atom. The maximum atomic E-state index is 12.0. The predicted molar refractivity (Wildman–Crippen MR) is 93.5 cm³/mol. The summed E-state index contributed by atoms with van der Waals surface area (Å²) < 4.78 is 30.8. The van der Waals surface area contributed by atoms with Crippen LogP contribution in [0.3, 0.4) is 0 Å². The highest BCUT2D eigenvalue weighted by Crippen LogP contribution is 2.18. The number of benzene rings is 1. The van der Waals surface area contributed by atoms with Crippen molar-refractivity contribution in [3.05, 3.63) is 46.7 Å². The molecule has 2 rings (SSSR count). The first kappa shape index (κ1) is 17.9. The summed E-state index contributed by atoms with van der Waals surface area (Å²) in [4.78, 5) is 2.46. The Hall–Kier alpha value is -1.41. The lowest BCUT2D eigenvalue weighted by atomic mass is 10.3. The van der Waals surface area contributed by atoms with E-state index in [1.165, 1.54) is 24.0 Å². The molecular formula is C16H22N2O3S2. The van der Waals surface area contributed by atoms with E-state index >= 15 is 0 Å². The Labute approximate surface area is 142 Å². The first-order valence-corrected chi connectivity index (χ1v) is 9.63. The topological polar surface area (TPSA) is 49.9 Å². The summed E-state index contributed by atoms with van der Waals surface area (Å²) in [6.07, 6.45) is 0. The zero-order valence-corrected chi connectivity index (χ0v) is 15.2. The number of likely N-dealkylation sites (N-methyl/N-ethyl adjacent to an activating group) is 1. The quantitative estimate of drug-likeness (QED) is 0.731. The summed E-state index contributed by atoms with van der Waals surface area (Å²) in [7, 11) is 1.70. The minimum Gasteiger partial charge on any atom is -0.492 e. The zero-order valence-electron chi connectivity index (χ0n) is 13.6. The monoisotopic (exact) mass is 354 g/mol. The van der Waals surface area contributed by atoms with Gasteiger partial charge in [-0.15, -0.1) is 0 Å². The summed E-state index contributed by atoms with van der Waals surface area (Å²) in [5, 5.41) is 4.21. The van der Waals surface area contributed by atoms with Crippen LogP contribution in [0.15, 0.2) is 46.0 Å². The first-order chi connectivity index (χ1) is 10.9. The van der Waals surface area contributed by atoms with Gasteiger partial charge in [0.15, 0.2) is 0 Å². The Morgan fingerprint density at radius 2 is 1.78 bits per heavy atom. The molecule has 23 heavy (non-hydrogen) atoms. The van der Waals surface area contributed by atoms with Crippen LogP contribution in [0, 0.1) is 0 Å². The van der Waals surface area contributed by atoms with Crippen molar-refractivity contribution in [2.75, 3.05) is 34.3 Å². The van der Waals surface area contributed by atoms with Crippen LogP contribution in [-0.2, 0) is 16.6 Å². The Balaban J connectivity index is 1.82. The second-order valence-corrected chi connectivity index (χ2v) is 8.41. The van der Waals surface area contributed by atoms with E-state index in [-0.39, 0.29) is 4.90 Å². The Kier molecular flexibility index (Phi) is 6.17. The van der Waals surface area contributed by atoms with Gasteiger partial charge in [0.25, 0.3) is 0 Å². The lowest BCUT2D eigenvalue weighted by Crippen LogP contribution is -2.23.